The highest BCUT2D eigenvalue weighted by Crippen LogP contribution is 2.34. The van der Waals surface area contributed by atoms with E-state index in [0.717, 1.165) is 12.8 Å². The van der Waals surface area contributed by atoms with Crippen LogP contribution < -0.4 is 0 Å². The highest BCUT2D eigenvalue weighted by atomic mass is 15.0. The fourth-order valence-corrected chi connectivity index (χ4v) is 5.03. The first-order valence-corrected chi connectivity index (χ1v) is 12.0. The van der Waals surface area contributed by atoms with E-state index >= 15 is 0 Å². The predicted molar refractivity (Wildman–Crippen MR) is 145 cm³/mol. The second-order valence-corrected chi connectivity index (χ2v) is 9.11. The molecule has 34 heavy (non-hydrogen) atoms. The number of benzene rings is 5. The average molecular weight is 438 g/mol. The van der Waals surface area contributed by atoms with Crippen LogP contribution in [0.4, 0.5) is 0 Å². The summed E-state index contributed by atoms with van der Waals surface area (Å²) in [6.07, 6.45) is 2.14. The van der Waals surface area contributed by atoms with E-state index in [1.165, 1.54) is 55.3 Å². The van der Waals surface area contributed by atoms with Crippen LogP contribution in [-0.4, -0.2) is 4.57 Å². The molecule has 6 rings (SSSR count). The van der Waals surface area contributed by atoms with Gasteiger partial charge in [0.1, 0.15) is 0 Å². The quantitative estimate of drug-likeness (QED) is 0.255. The minimum absolute atomic E-state index is 1.06. The van der Waals surface area contributed by atoms with Gasteiger partial charge in [0.05, 0.1) is 11.0 Å². The molecule has 0 spiro atoms. The lowest BCUT2D eigenvalue weighted by Gasteiger charge is -2.08. The number of aromatic nitrogens is 1. The Balaban J connectivity index is 1.34. The van der Waals surface area contributed by atoms with Crippen LogP contribution in [0.15, 0.2) is 121 Å². The van der Waals surface area contributed by atoms with Gasteiger partial charge in [0.2, 0.25) is 0 Å². The number of para-hydroxylation sites is 2. The molecular weight excluding hydrogens is 410 g/mol. The van der Waals surface area contributed by atoms with Gasteiger partial charge in [-0.2, -0.15) is 0 Å². The summed E-state index contributed by atoms with van der Waals surface area (Å²) in [6, 6.07) is 44.1. The third-order valence-electron chi connectivity index (χ3n) is 6.76. The fourth-order valence-electron chi connectivity index (χ4n) is 5.03. The molecule has 0 aliphatic heterocycles. The first-order chi connectivity index (χ1) is 16.8. The van der Waals surface area contributed by atoms with Gasteiger partial charge in [0.25, 0.3) is 0 Å². The van der Waals surface area contributed by atoms with Gasteiger partial charge in [0.15, 0.2) is 0 Å². The second kappa shape index (κ2) is 8.68. The van der Waals surface area contributed by atoms with Crippen molar-refractivity contribution in [2.24, 2.45) is 0 Å². The lowest BCUT2D eigenvalue weighted by atomic mass is 9.99. The molecule has 5 aromatic carbocycles. The third-order valence-corrected chi connectivity index (χ3v) is 6.76. The molecule has 0 aliphatic rings. The van der Waals surface area contributed by atoms with E-state index in [0.29, 0.717) is 0 Å². The average Bonchev–Trinajstić information content (AvgIpc) is 3.22. The van der Waals surface area contributed by atoms with E-state index in [1.54, 1.807) is 0 Å². The molecule has 0 fully saturated rings. The molecule has 0 unspecified atom stereocenters. The zero-order chi connectivity index (χ0) is 22.9. The molecular formula is C33H27N. The van der Waals surface area contributed by atoms with Crippen molar-refractivity contribution in [3.8, 4) is 16.8 Å². The van der Waals surface area contributed by atoms with E-state index in [-0.39, 0.29) is 0 Å². The standard InChI is InChI=1S/C33H27N/c1-24-8-7-9-26(22-24)15-14-25-16-18-27(19-17-25)28-20-21-33-31(23-28)30-12-5-6-13-32(30)34(33)29-10-3-2-4-11-29/h2-13,16-23H,14-15H2,1H3. The highest BCUT2D eigenvalue weighted by molar-refractivity contribution is 6.10. The molecule has 0 bridgehead atoms. The molecule has 0 saturated carbocycles. The summed E-state index contributed by atoms with van der Waals surface area (Å²) in [5, 5.41) is 2.58. The zero-order valence-electron chi connectivity index (χ0n) is 19.4. The second-order valence-electron chi connectivity index (χ2n) is 9.11. The number of hydrogen-bond acceptors (Lipinski definition) is 0. The zero-order valence-corrected chi connectivity index (χ0v) is 19.4. The summed E-state index contributed by atoms with van der Waals surface area (Å²) in [5.41, 5.74) is 10.3. The van der Waals surface area contributed by atoms with Gasteiger partial charge in [-0.1, -0.05) is 96.6 Å². The molecule has 1 heteroatoms. The number of nitrogens with zero attached hydrogens (tertiary/aromatic N) is 1. The Bertz CT molecular complexity index is 1590. The molecule has 0 amide bonds. The van der Waals surface area contributed by atoms with Crippen LogP contribution in [0.2, 0.25) is 0 Å². The van der Waals surface area contributed by atoms with E-state index < -0.39 is 0 Å². The van der Waals surface area contributed by atoms with Crippen LogP contribution in [0.5, 0.6) is 0 Å². The van der Waals surface area contributed by atoms with Crippen molar-refractivity contribution in [2.75, 3.05) is 0 Å². The summed E-state index contributed by atoms with van der Waals surface area (Å²) in [5.74, 6) is 0. The van der Waals surface area contributed by atoms with Gasteiger partial charge in [-0.05, 0) is 72.4 Å². The molecule has 0 N–H and O–H groups in total. The van der Waals surface area contributed by atoms with Gasteiger partial charge in [-0.25, -0.2) is 0 Å². The summed E-state index contributed by atoms with van der Waals surface area (Å²) >= 11 is 0. The largest absolute Gasteiger partial charge is 0.309 e. The van der Waals surface area contributed by atoms with Crippen LogP contribution in [0.25, 0.3) is 38.6 Å². The molecule has 0 aliphatic carbocycles. The maximum atomic E-state index is 2.36. The maximum Gasteiger partial charge on any atom is 0.0541 e. The minimum atomic E-state index is 1.06. The Morgan fingerprint density at radius 3 is 2.03 bits per heavy atom. The van der Waals surface area contributed by atoms with Crippen LogP contribution in [0.1, 0.15) is 16.7 Å². The van der Waals surface area contributed by atoms with Gasteiger partial charge in [-0.15, -0.1) is 0 Å². The van der Waals surface area contributed by atoms with Crippen LogP contribution in [0, 0.1) is 6.92 Å². The van der Waals surface area contributed by atoms with Crippen molar-refractivity contribution in [2.45, 2.75) is 19.8 Å². The molecule has 1 nitrogen and oxygen atoms in total. The Hall–Kier alpha value is -4.10. The fraction of sp³-hybridized carbons (Fsp3) is 0.0909. The SMILES string of the molecule is Cc1cccc(CCc2ccc(-c3ccc4c(c3)c3ccccc3n4-c3ccccc3)cc2)c1. The van der Waals surface area contributed by atoms with Crippen molar-refractivity contribution in [3.63, 3.8) is 0 Å². The minimum Gasteiger partial charge on any atom is -0.309 e. The molecule has 6 aromatic rings. The van der Waals surface area contributed by atoms with Crippen molar-refractivity contribution in [3.05, 3.63) is 138 Å². The lowest BCUT2D eigenvalue weighted by molar-refractivity contribution is 0.958. The monoisotopic (exact) mass is 437 g/mol. The molecule has 1 aromatic heterocycles. The number of hydrogen-bond donors (Lipinski definition) is 0. The first-order valence-electron chi connectivity index (χ1n) is 12.0. The highest BCUT2D eigenvalue weighted by Gasteiger charge is 2.12. The summed E-state index contributed by atoms with van der Waals surface area (Å²) in [7, 11) is 0. The molecule has 0 saturated heterocycles. The first kappa shape index (κ1) is 20.5. The molecule has 164 valence electrons. The van der Waals surface area contributed by atoms with Crippen molar-refractivity contribution < 1.29 is 0 Å². The summed E-state index contributed by atoms with van der Waals surface area (Å²) < 4.78 is 2.36. The van der Waals surface area contributed by atoms with Crippen molar-refractivity contribution >= 4 is 21.8 Å². The number of rotatable bonds is 5. The van der Waals surface area contributed by atoms with Crippen molar-refractivity contribution in [1.29, 1.82) is 0 Å². The normalized spacial score (nSPS) is 11.3. The Kier molecular flexibility index (Phi) is 5.24. The van der Waals surface area contributed by atoms with Crippen LogP contribution in [0.3, 0.4) is 0 Å². The smallest absolute Gasteiger partial charge is 0.0541 e. The lowest BCUT2D eigenvalue weighted by Crippen LogP contribution is -1.93. The topological polar surface area (TPSA) is 4.93 Å². The Labute approximate surface area is 200 Å². The van der Waals surface area contributed by atoms with E-state index in [9.17, 15) is 0 Å². The molecule has 0 atom stereocenters. The van der Waals surface area contributed by atoms with Crippen LogP contribution in [-0.2, 0) is 12.8 Å². The Morgan fingerprint density at radius 2 is 1.21 bits per heavy atom. The van der Waals surface area contributed by atoms with E-state index in [1.807, 2.05) is 0 Å². The summed E-state index contributed by atoms with van der Waals surface area (Å²) in [4.78, 5) is 0. The van der Waals surface area contributed by atoms with Gasteiger partial charge >= 0.3 is 0 Å². The van der Waals surface area contributed by atoms with Crippen LogP contribution >= 0.6 is 0 Å². The van der Waals surface area contributed by atoms with Gasteiger partial charge in [0, 0.05) is 16.5 Å². The third kappa shape index (κ3) is 3.80. The van der Waals surface area contributed by atoms with Crippen molar-refractivity contribution in [1.82, 2.24) is 4.57 Å². The van der Waals surface area contributed by atoms with E-state index in [4.69, 9.17) is 0 Å². The number of aryl methyl sites for hydroxylation is 3. The molecule has 0 radical (unpaired) electrons. The van der Waals surface area contributed by atoms with Gasteiger partial charge in [-0.3, -0.25) is 0 Å². The summed E-state index contributed by atoms with van der Waals surface area (Å²) in [6.45, 7) is 2.16. The predicted octanol–water partition coefficient (Wildman–Crippen LogP) is 8.54. The van der Waals surface area contributed by atoms with Gasteiger partial charge < -0.3 is 4.57 Å². The number of fused-ring (bicyclic) bond motifs is 3. The Morgan fingerprint density at radius 1 is 0.500 bits per heavy atom. The molecule has 1 heterocycles. The maximum absolute atomic E-state index is 2.36. The van der Waals surface area contributed by atoms with E-state index in [2.05, 4.69) is 133 Å².